The third-order valence-corrected chi connectivity index (χ3v) is 15.7. The molecule has 0 spiro atoms. The fourth-order valence-corrected chi connectivity index (χ4v) is 8.03. The number of fused-ring (bicyclic) bond motifs is 6. The minimum absolute atomic E-state index is 0. The fourth-order valence-electron chi connectivity index (χ4n) is 8.03. The topological polar surface area (TPSA) is 3.24 Å². The van der Waals surface area contributed by atoms with Crippen LogP contribution in [0, 0.1) is 61.2 Å². The summed E-state index contributed by atoms with van der Waals surface area (Å²) in [5.41, 5.74) is 7.27. The molecule has 0 N–H and O–H groups in total. The van der Waals surface area contributed by atoms with Crippen molar-refractivity contribution in [1.29, 1.82) is 0 Å². The number of hydrogen-bond acceptors (Lipinski definition) is 1. The van der Waals surface area contributed by atoms with Crippen LogP contribution in [0.3, 0.4) is 0 Å². The molecular formula is C111H174K2N-. The molecule has 10 aromatic rings. The third kappa shape index (κ3) is 73.1. The Kier molecular flexibility index (Phi) is 61.9. The average Bonchev–Trinajstić information content (AvgIpc) is 0.805. The van der Waals surface area contributed by atoms with Crippen molar-refractivity contribution in [2.45, 2.75) is 314 Å². The maximum atomic E-state index is 3.34. The van der Waals surface area contributed by atoms with Gasteiger partial charge in [0.15, 0.2) is 0 Å². The molecule has 0 aliphatic heterocycles. The summed E-state index contributed by atoms with van der Waals surface area (Å²) in [6.45, 7) is 89.2. The van der Waals surface area contributed by atoms with Gasteiger partial charge in [-0.05, 0) is 132 Å². The van der Waals surface area contributed by atoms with Crippen LogP contribution in [0.15, 0.2) is 249 Å². The molecule has 114 heavy (non-hydrogen) atoms. The van der Waals surface area contributed by atoms with E-state index >= 15 is 0 Å². The summed E-state index contributed by atoms with van der Waals surface area (Å²) in [5.74, 6) is 0. The Hall–Kier alpha value is -4.08. The second-order valence-electron chi connectivity index (χ2n) is 42.6. The van der Waals surface area contributed by atoms with Crippen molar-refractivity contribution in [3.63, 3.8) is 0 Å². The molecule has 626 valence electrons. The van der Waals surface area contributed by atoms with Crippen LogP contribution in [0.2, 0.25) is 0 Å². The van der Waals surface area contributed by atoms with E-state index in [0.717, 1.165) is 12.2 Å². The molecule has 0 heterocycles. The molecule has 10 aromatic carbocycles. The molecule has 1 unspecified atom stereocenters. The first-order valence-corrected chi connectivity index (χ1v) is 42.4. The molecule has 0 amide bonds. The summed E-state index contributed by atoms with van der Waals surface area (Å²) in [6.07, 6.45) is 15.8. The first-order chi connectivity index (χ1) is 51.3. The van der Waals surface area contributed by atoms with Crippen LogP contribution in [0.25, 0.3) is 53.9 Å². The molecule has 1 atom stereocenters. The number of hydrogen-bond donors (Lipinski definition) is 0. The minimum Gasteiger partial charge on any atom is -1.00 e. The van der Waals surface area contributed by atoms with Crippen LogP contribution in [-0.2, 0) is 5.41 Å². The maximum absolute atomic E-state index is 3.34. The number of nitrogens with zero attached hydrogens (tertiary/aromatic N) is 1. The van der Waals surface area contributed by atoms with E-state index in [-0.39, 0.29) is 110 Å². The molecule has 1 aliphatic carbocycles. The molecule has 0 aromatic heterocycles. The average molecular weight is 1600 g/mol. The van der Waals surface area contributed by atoms with Crippen molar-refractivity contribution in [3.05, 3.63) is 267 Å². The zero-order valence-electron chi connectivity index (χ0n) is 83.3. The van der Waals surface area contributed by atoms with Gasteiger partial charge in [-0.2, -0.15) is 24.3 Å². The Labute approximate surface area is 795 Å². The number of anilines is 1. The van der Waals surface area contributed by atoms with Crippen LogP contribution >= 0.6 is 0 Å². The maximum Gasteiger partial charge on any atom is 1.00 e. The van der Waals surface area contributed by atoms with E-state index in [1.165, 1.54) is 85.1 Å². The molecule has 1 aliphatic rings. The van der Waals surface area contributed by atoms with Gasteiger partial charge in [0.1, 0.15) is 0 Å². The summed E-state index contributed by atoms with van der Waals surface area (Å²) < 4.78 is 0. The Morgan fingerprint density at radius 2 is 0.544 bits per heavy atom. The largest absolute Gasteiger partial charge is 1.00 e. The molecule has 0 radical (unpaired) electrons. The Bertz CT molecular complexity index is 3660. The van der Waals surface area contributed by atoms with Crippen LogP contribution in [0.4, 0.5) is 5.69 Å². The second kappa shape index (κ2) is 59.6. The monoisotopic (exact) mass is 1600 g/mol. The molecule has 0 bridgehead atoms. The summed E-state index contributed by atoms with van der Waals surface area (Å²) in [6, 6.07) is 81.9. The second-order valence-corrected chi connectivity index (χ2v) is 42.6. The predicted molar refractivity (Wildman–Crippen MR) is 522 cm³/mol. The van der Waals surface area contributed by atoms with Gasteiger partial charge in [0.25, 0.3) is 0 Å². The normalized spacial score (nSPS) is 12.2. The molecule has 3 heteroatoms. The van der Waals surface area contributed by atoms with Gasteiger partial charge in [0.05, 0.1) is 0 Å². The zero-order chi connectivity index (χ0) is 87.0. The fraction of sp³-hybridized carbons (Fsp3) is 0.505. The smallest absolute Gasteiger partial charge is 1.00 e. The van der Waals surface area contributed by atoms with Gasteiger partial charge in [-0.3, -0.25) is 0 Å². The Morgan fingerprint density at radius 3 is 0.763 bits per heavy atom. The van der Waals surface area contributed by atoms with E-state index in [0.29, 0.717) is 54.8 Å². The van der Waals surface area contributed by atoms with Gasteiger partial charge in [-0.15, -0.1) is 12.1 Å². The van der Waals surface area contributed by atoms with E-state index in [1.807, 2.05) is 26.0 Å². The predicted octanol–water partition coefficient (Wildman–Crippen LogP) is 31.0. The zero-order valence-corrected chi connectivity index (χ0v) is 88.6. The SMILES string of the molecule is CC.CC(C)(C)C.CC(C)(C)C.CC(C)(C)C.CC(C)(C)C.CC(C)(C)CN(c1[c-]cccc1)C1C=CC=C[CH-]1.CC(C)(C)c1ccccc1.CCC(C)(C)C.CCC(C)(C)C.CCC(C)(C)C.CCC(C)(C)C.[H-].[K+].[K+].c1ccc2c(c1)ccc1ccccc12.c1ccc2cc3ccccc3cc2c1.c1ccc2ccccc2c1. The third-order valence-electron chi connectivity index (χ3n) is 15.7. The first-order valence-electron chi connectivity index (χ1n) is 42.4. The minimum atomic E-state index is 0. The van der Waals surface area contributed by atoms with Crippen molar-refractivity contribution < 1.29 is 104 Å². The number of para-hydroxylation sites is 1. The molecule has 0 saturated carbocycles. The molecule has 1 nitrogen and oxygen atoms in total. The molecule has 11 rings (SSSR count). The summed E-state index contributed by atoms with van der Waals surface area (Å²) >= 11 is 0. The van der Waals surface area contributed by atoms with Crippen molar-refractivity contribution in [2.24, 2.45) is 48.7 Å². The number of allylic oxidation sites excluding steroid dienone is 2. The van der Waals surface area contributed by atoms with Crippen LogP contribution < -0.4 is 108 Å². The van der Waals surface area contributed by atoms with Crippen molar-refractivity contribution in [1.82, 2.24) is 0 Å². The van der Waals surface area contributed by atoms with Crippen LogP contribution in [0.5, 0.6) is 0 Å². The molecule has 0 saturated heterocycles. The summed E-state index contributed by atoms with van der Waals surface area (Å²) in [5, 5.41) is 13.2. The van der Waals surface area contributed by atoms with E-state index in [9.17, 15) is 0 Å². The standard InChI is InChI=1S/C17H21N.2C14H10.C10H8.C10H14.4C6H14.4C5H12.C2H6.2K.H/c1-17(2,3)14-18(15-10-6-4-7-11-15)16-12-8-5-9-13-16;1-3-7-13-11(5-1)9-10-12-6-2-4-8-14(12)13;1-2-6-12-10-14-8-4-3-7-13(14)9-11(12)5-1;1-2-6-10-8-4-3-7-9(10)5-1;1-10(2,3)9-7-5-4-6-8-9;4*1-5-6(2,3)4;4*1-5(2,3)4;1-2;;;/h4-12,15H,14H2,1-3H3;2*1-10H;1-8H;4-8H,1-3H3;4*5H2,1-4H3;4*1-4H3;1-2H3;;;/q-2;;;;;;;;;;;;;;2*+1;-1. The quantitative estimate of drug-likeness (QED) is 0.0738. The van der Waals surface area contributed by atoms with Gasteiger partial charge >= 0.3 is 103 Å². The summed E-state index contributed by atoms with van der Waals surface area (Å²) in [4.78, 5) is 2.40. The van der Waals surface area contributed by atoms with Crippen molar-refractivity contribution in [3.8, 4) is 0 Å². The van der Waals surface area contributed by atoms with E-state index in [2.05, 4.69) is 517 Å². The van der Waals surface area contributed by atoms with Gasteiger partial charge in [-0.1, -0.05) is 502 Å². The van der Waals surface area contributed by atoms with E-state index in [4.69, 9.17) is 0 Å². The van der Waals surface area contributed by atoms with Crippen LogP contribution in [-0.4, -0.2) is 12.6 Å². The molecule has 0 fully saturated rings. The summed E-state index contributed by atoms with van der Waals surface area (Å²) in [7, 11) is 0. The van der Waals surface area contributed by atoms with Gasteiger partial charge in [0, 0.05) is 6.54 Å². The Balaban J connectivity index is -0.000000286. The van der Waals surface area contributed by atoms with E-state index in [1.54, 1.807) is 0 Å². The van der Waals surface area contributed by atoms with Gasteiger partial charge < -0.3 is 6.33 Å². The van der Waals surface area contributed by atoms with Crippen LogP contribution in [0.1, 0.15) is 310 Å². The Morgan fingerprint density at radius 1 is 0.298 bits per heavy atom. The molecular weight excluding hydrogens is 1430 g/mol. The van der Waals surface area contributed by atoms with Crippen molar-refractivity contribution in [2.75, 3.05) is 11.4 Å². The van der Waals surface area contributed by atoms with E-state index < -0.39 is 0 Å². The van der Waals surface area contributed by atoms with Gasteiger partial charge in [-0.25, -0.2) is 18.6 Å². The first kappa shape index (κ1) is 118. The number of rotatable bonds is 3. The van der Waals surface area contributed by atoms with Gasteiger partial charge in [0.2, 0.25) is 0 Å². The van der Waals surface area contributed by atoms with Crippen molar-refractivity contribution >= 4 is 59.5 Å². The number of benzene rings is 10.